The molecule has 2 rings (SSSR count). The Kier molecular flexibility index (Phi) is 55.7. The van der Waals surface area contributed by atoms with Gasteiger partial charge in [-0.3, -0.25) is 0 Å². The fourth-order valence-electron chi connectivity index (χ4n) is 12.5. The van der Waals surface area contributed by atoms with Gasteiger partial charge in [0.1, 0.15) is 0 Å². The molecule has 0 aliphatic carbocycles. The molecule has 0 amide bonds. The quantitative estimate of drug-likeness (QED) is 0.0478. The van der Waals surface area contributed by atoms with Crippen molar-refractivity contribution in [1.82, 2.24) is 0 Å². The Morgan fingerprint density at radius 3 is 0.551 bits per heavy atom. The van der Waals surface area contributed by atoms with Crippen LogP contribution in [-0.4, -0.2) is 0 Å². The molecule has 78 heavy (non-hydrogen) atoms. The largest absolute Gasteiger partial charge is 0.0654 e. The van der Waals surface area contributed by atoms with E-state index in [-0.39, 0.29) is 0 Å². The number of rotatable bonds is 63. The molecule has 0 aliphatic heterocycles. The summed E-state index contributed by atoms with van der Waals surface area (Å²) in [5, 5.41) is 0. The first kappa shape index (κ1) is 73.2. The molecule has 0 radical (unpaired) electrons. The molecule has 0 atom stereocenters. The lowest BCUT2D eigenvalue weighted by Crippen LogP contribution is -1.99. The smallest absolute Gasteiger partial charge is 0.0221 e. The van der Waals surface area contributed by atoms with E-state index in [0.29, 0.717) is 0 Å². The topological polar surface area (TPSA) is 0 Å². The second kappa shape index (κ2) is 59.3. The van der Waals surface area contributed by atoms with Crippen molar-refractivity contribution in [3.63, 3.8) is 0 Å². The average Bonchev–Trinajstić information content (AvgIpc) is 3.45. The van der Waals surface area contributed by atoms with Crippen molar-refractivity contribution in [1.29, 1.82) is 0 Å². The minimum absolute atomic E-state index is 1.26. The zero-order valence-corrected chi connectivity index (χ0v) is 55.3. The molecular formula is C76H138S2. The molecule has 0 saturated carbocycles. The lowest BCUT2D eigenvalue weighted by Gasteiger charge is -2.17. The van der Waals surface area contributed by atoms with Crippen LogP contribution in [0.25, 0.3) is 0 Å². The van der Waals surface area contributed by atoms with Gasteiger partial charge in [-0.1, -0.05) is 407 Å². The van der Waals surface area contributed by atoms with Gasteiger partial charge in [-0.2, -0.15) is 0 Å². The lowest BCUT2D eigenvalue weighted by molar-refractivity contribution is 0.534. The van der Waals surface area contributed by atoms with Gasteiger partial charge in [0.05, 0.1) is 0 Å². The Balaban J connectivity index is 2.00. The van der Waals surface area contributed by atoms with E-state index in [9.17, 15) is 0 Å². The normalized spacial score (nSPS) is 11.7. The SMILES string of the molecule is CCCCCCCCCCCCCCCCc1cccc(SSc2cccc(CCCCCCCCCCCCCCCC)c2CCCCCCCCCCCCCCCC)c1CCCCCCCCCCCCCCCC. The van der Waals surface area contributed by atoms with Crippen LogP contribution in [0.15, 0.2) is 46.2 Å². The van der Waals surface area contributed by atoms with E-state index < -0.39 is 0 Å². The molecule has 0 nitrogen and oxygen atoms in total. The lowest BCUT2D eigenvalue weighted by atomic mass is 9.96. The van der Waals surface area contributed by atoms with E-state index in [2.05, 4.69) is 85.7 Å². The number of benzene rings is 2. The van der Waals surface area contributed by atoms with Gasteiger partial charge in [0.25, 0.3) is 0 Å². The standard InChI is InChI=1S/C76H138S2/c1-5-9-13-17-21-25-29-33-37-41-45-49-53-57-63-71-65-61-69-75(73(71)67-59-55-51-47-43-39-35-31-27-23-19-15-11-7-3)77-78-76-70-62-66-72(64-58-54-50-46-42-38-34-30-26-22-18-14-10-6-2)74(76)68-60-56-52-48-44-40-36-32-28-24-20-16-12-8-4/h61-62,65-66,69-70H,5-60,63-64,67-68H2,1-4H3. The Labute approximate surface area is 499 Å². The summed E-state index contributed by atoms with van der Waals surface area (Å²) in [6.07, 6.45) is 85.4. The van der Waals surface area contributed by atoms with E-state index in [4.69, 9.17) is 0 Å². The zero-order chi connectivity index (χ0) is 55.5. The van der Waals surface area contributed by atoms with Crippen LogP contribution in [0.3, 0.4) is 0 Å². The average molecular weight is 1120 g/mol. The van der Waals surface area contributed by atoms with Crippen LogP contribution in [0, 0.1) is 0 Å². The van der Waals surface area contributed by atoms with Gasteiger partial charge >= 0.3 is 0 Å². The Morgan fingerprint density at radius 1 is 0.192 bits per heavy atom. The van der Waals surface area contributed by atoms with E-state index in [0.717, 1.165) is 0 Å². The van der Waals surface area contributed by atoms with Crippen molar-refractivity contribution in [2.45, 2.75) is 423 Å². The first-order valence-corrected chi connectivity index (χ1v) is 38.5. The predicted octanol–water partition coefficient (Wildman–Crippen LogP) is 28.6. The first-order chi connectivity index (χ1) is 38.7. The molecule has 0 spiro atoms. The van der Waals surface area contributed by atoms with E-state index >= 15 is 0 Å². The molecule has 0 aliphatic rings. The monoisotopic (exact) mass is 1120 g/mol. The summed E-state index contributed by atoms with van der Waals surface area (Å²) in [5.74, 6) is 0. The Hall–Kier alpha value is -0.860. The highest BCUT2D eigenvalue weighted by Gasteiger charge is 2.14. The molecule has 0 unspecified atom stereocenters. The highest BCUT2D eigenvalue weighted by atomic mass is 33.1. The van der Waals surface area contributed by atoms with Gasteiger partial charge in [-0.05, 0) is 85.8 Å². The van der Waals surface area contributed by atoms with Crippen molar-refractivity contribution < 1.29 is 0 Å². The first-order valence-electron chi connectivity index (χ1n) is 36.3. The van der Waals surface area contributed by atoms with Crippen LogP contribution in [0.5, 0.6) is 0 Å². The maximum Gasteiger partial charge on any atom is 0.0221 e. The van der Waals surface area contributed by atoms with Gasteiger partial charge in [0.2, 0.25) is 0 Å². The molecule has 0 fully saturated rings. The van der Waals surface area contributed by atoms with Gasteiger partial charge in [0.15, 0.2) is 0 Å². The van der Waals surface area contributed by atoms with Crippen molar-refractivity contribution in [3.05, 3.63) is 58.7 Å². The van der Waals surface area contributed by atoms with Crippen LogP contribution in [0.1, 0.15) is 410 Å². The van der Waals surface area contributed by atoms with Gasteiger partial charge in [-0.15, -0.1) is 0 Å². The summed E-state index contributed by atoms with van der Waals surface area (Å²) in [7, 11) is 4.23. The zero-order valence-electron chi connectivity index (χ0n) is 53.7. The van der Waals surface area contributed by atoms with Crippen LogP contribution < -0.4 is 0 Å². The molecule has 454 valence electrons. The maximum atomic E-state index is 2.52. The van der Waals surface area contributed by atoms with Gasteiger partial charge < -0.3 is 0 Å². The Morgan fingerprint density at radius 2 is 0.359 bits per heavy atom. The van der Waals surface area contributed by atoms with E-state index in [1.54, 1.807) is 32.0 Å². The summed E-state index contributed by atoms with van der Waals surface area (Å²) in [4.78, 5) is 3.13. The van der Waals surface area contributed by atoms with E-state index in [1.807, 2.05) is 0 Å². The van der Waals surface area contributed by atoms with Crippen LogP contribution in [-0.2, 0) is 25.7 Å². The second-order valence-electron chi connectivity index (χ2n) is 25.3. The van der Waals surface area contributed by atoms with E-state index in [1.165, 1.54) is 385 Å². The summed E-state index contributed by atoms with van der Waals surface area (Å²) in [6, 6.07) is 14.9. The molecule has 0 aromatic heterocycles. The van der Waals surface area contributed by atoms with Crippen LogP contribution in [0.2, 0.25) is 0 Å². The van der Waals surface area contributed by atoms with Crippen molar-refractivity contribution in [3.8, 4) is 0 Å². The maximum absolute atomic E-state index is 2.52. The fraction of sp³-hybridized carbons (Fsp3) is 0.842. The van der Waals surface area contributed by atoms with Crippen LogP contribution in [0.4, 0.5) is 0 Å². The molecular weight excluding hydrogens is 977 g/mol. The number of aryl methyl sites for hydroxylation is 2. The van der Waals surface area contributed by atoms with Crippen LogP contribution >= 0.6 is 21.6 Å². The summed E-state index contributed by atoms with van der Waals surface area (Å²) >= 11 is 0. The fourth-order valence-corrected chi connectivity index (χ4v) is 15.1. The van der Waals surface area contributed by atoms with Crippen molar-refractivity contribution in [2.24, 2.45) is 0 Å². The molecule has 2 aromatic rings. The highest BCUT2D eigenvalue weighted by molar-refractivity contribution is 8.76. The molecule has 2 heteroatoms. The minimum Gasteiger partial charge on any atom is -0.0654 e. The highest BCUT2D eigenvalue weighted by Crippen LogP contribution is 2.43. The Bertz CT molecular complexity index is 1380. The molecule has 0 saturated heterocycles. The number of hydrogen-bond acceptors (Lipinski definition) is 2. The third-order valence-corrected chi connectivity index (χ3v) is 20.4. The second-order valence-corrected chi connectivity index (χ2v) is 27.6. The summed E-state index contributed by atoms with van der Waals surface area (Å²) in [5.41, 5.74) is 6.75. The predicted molar refractivity (Wildman–Crippen MR) is 361 cm³/mol. The molecule has 0 N–H and O–H groups in total. The van der Waals surface area contributed by atoms with Crippen molar-refractivity contribution >= 4 is 21.6 Å². The third kappa shape index (κ3) is 44.7. The van der Waals surface area contributed by atoms with Crippen molar-refractivity contribution in [2.75, 3.05) is 0 Å². The molecule has 0 heterocycles. The number of hydrogen-bond donors (Lipinski definition) is 0. The van der Waals surface area contributed by atoms with Gasteiger partial charge in [0, 0.05) is 9.79 Å². The van der Waals surface area contributed by atoms with Gasteiger partial charge in [-0.25, -0.2) is 0 Å². The summed E-state index contributed by atoms with van der Waals surface area (Å²) in [6.45, 7) is 9.31. The molecule has 2 aromatic carbocycles. The summed E-state index contributed by atoms with van der Waals surface area (Å²) < 4.78 is 0. The minimum atomic E-state index is 1.26. The molecule has 0 bridgehead atoms. The third-order valence-electron chi connectivity index (χ3n) is 17.8. The number of unbranched alkanes of at least 4 members (excludes halogenated alkanes) is 52.